The average molecular weight is 419 g/mol. The number of aryl methyl sites for hydroxylation is 2. The smallest absolute Gasteiger partial charge is 0.304 e. The first-order chi connectivity index (χ1) is 14.0. The second-order valence-corrected chi connectivity index (χ2v) is 7.30. The zero-order valence-corrected chi connectivity index (χ0v) is 17.0. The Balaban J connectivity index is 2.19. The monoisotopic (exact) mass is 419 g/mol. The minimum atomic E-state index is -4.82. The van der Waals surface area contributed by atoms with E-state index in [-0.39, 0.29) is 5.69 Å². The number of hydrogen-bond donors (Lipinski definition) is 0. The van der Waals surface area contributed by atoms with E-state index in [4.69, 9.17) is 0 Å². The zero-order chi connectivity index (χ0) is 22.2. The molecule has 0 atom stereocenters. The van der Waals surface area contributed by atoms with E-state index in [2.05, 4.69) is 4.98 Å². The molecular weight excluding hydrogens is 398 g/mol. The highest BCUT2D eigenvalue weighted by Gasteiger charge is 2.42. The molecule has 8 heteroatoms. The molecule has 4 nitrogen and oxygen atoms in total. The Hall–Kier alpha value is -3.16. The van der Waals surface area contributed by atoms with Crippen molar-refractivity contribution in [3.8, 4) is 5.69 Å². The molecule has 158 valence electrons. The van der Waals surface area contributed by atoms with Gasteiger partial charge in [-0.25, -0.2) is 9.37 Å². The van der Waals surface area contributed by atoms with Crippen LogP contribution in [-0.2, 0) is 6.18 Å². The van der Waals surface area contributed by atoms with E-state index in [0.29, 0.717) is 16.8 Å². The fourth-order valence-electron chi connectivity index (χ4n) is 3.50. The molecule has 1 amide bonds. The number of aromatic nitrogens is 2. The van der Waals surface area contributed by atoms with E-state index in [1.165, 1.54) is 17.0 Å². The molecule has 1 heterocycles. The van der Waals surface area contributed by atoms with E-state index < -0.39 is 35.3 Å². The van der Waals surface area contributed by atoms with Gasteiger partial charge in [0, 0.05) is 11.7 Å². The lowest BCUT2D eigenvalue weighted by molar-refractivity contribution is -0.142. The van der Waals surface area contributed by atoms with Crippen LogP contribution in [0.25, 0.3) is 5.69 Å². The van der Waals surface area contributed by atoms with Crippen molar-refractivity contribution in [2.75, 3.05) is 4.90 Å². The van der Waals surface area contributed by atoms with Crippen LogP contribution in [0.15, 0.2) is 48.8 Å². The summed E-state index contributed by atoms with van der Waals surface area (Å²) in [5, 5.41) is 0. The van der Waals surface area contributed by atoms with Crippen molar-refractivity contribution in [1.82, 2.24) is 9.55 Å². The molecule has 0 unspecified atom stereocenters. The Morgan fingerprint density at radius 3 is 2.10 bits per heavy atom. The summed E-state index contributed by atoms with van der Waals surface area (Å²) in [5.74, 6) is -1.42. The van der Waals surface area contributed by atoms with Crippen molar-refractivity contribution in [2.24, 2.45) is 0 Å². The standard InChI is InChI=1S/C22H21F4N3O/c1-13(2)29(17-10-8-16(23)9-11-17)21(30)18-20(22(24,25)26)28(12-27-18)19-14(3)6-5-7-15(19)4/h5-13H,1-4H3. The van der Waals surface area contributed by atoms with Crippen molar-refractivity contribution in [3.05, 3.63) is 77.1 Å². The molecule has 0 aliphatic rings. The van der Waals surface area contributed by atoms with Gasteiger partial charge in [-0.1, -0.05) is 18.2 Å². The highest BCUT2D eigenvalue weighted by atomic mass is 19.4. The fraction of sp³-hybridized carbons (Fsp3) is 0.273. The number of hydrogen-bond acceptors (Lipinski definition) is 2. The van der Waals surface area contributed by atoms with Gasteiger partial charge in [-0.3, -0.25) is 9.36 Å². The van der Waals surface area contributed by atoms with Crippen LogP contribution in [0.3, 0.4) is 0 Å². The highest BCUT2D eigenvalue weighted by molar-refractivity contribution is 6.06. The molecule has 0 aliphatic carbocycles. The minimum absolute atomic E-state index is 0.283. The lowest BCUT2D eigenvalue weighted by atomic mass is 10.1. The highest BCUT2D eigenvalue weighted by Crippen LogP contribution is 2.36. The zero-order valence-electron chi connectivity index (χ0n) is 17.0. The number of halogens is 4. The largest absolute Gasteiger partial charge is 0.434 e. The van der Waals surface area contributed by atoms with Crippen molar-refractivity contribution in [3.63, 3.8) is 0 Å². The maximum atomic E-state index is 14.1. The number of rotatable bonds is 4. The number of para-hydroxylation sites is 1. The summed E-state index contributed by atoms with van der Waals surface area (Å²) >= 11 is 0. The van der Waals surface area contributed by atoms with E-state index >= 15 is 0 Å². The van der Waals surface area contributed by atoms with Gasteiger partial charge < -0.3 is 4.90 Å². The second-order valence-electron chi connectivity index (χ2n) is 7.30. The summed E-state index contributed by atoms with van der Waals surface area (Å²) in [6.07, 6.45) is -3.80. The summed E-state index contributed by atoms with van der Waals surface area (Å²) in [6.45, 7) is 6.72. The number of carbonyl (C=O) groups is 1. The van der Waals surface area contributed by atoms with Gasteiger partial charge in [-0.05, 0) is 63.1 Å². The van der Waals surface area contributed by atoms with E-state index in [1.807, 2.05) is 0 Å². The molecule has 0 radical (unpaired) electrons. The van der Waals surface area contributed by atoms with Gasteiger partial charge in [-0.2, -0.15) is 13.2 Å². The molecule has 3 rings (SSSR count). The lowest BCUT2D eigenvalue weighted by Gasteiger charge is -2.27. The SMILES string of the molecule is Cc1cccc(C)c1-n1cnc(C(=O)N(c2ccc(F)cc2)C(C)C)c1C(F)(F)F. The van der Waals surface area contributed by atoms with Gasteiger partial charge in [0.2, 0.25) is 0 Å². The fourth-order valence-corrected chi connectivity index (χ4v) is 3.50. The average Bonchev–Trinajstić information content (AvgIpc) is 3.08. The lowest BCUT2D eigenvalue weighted by Crippen LogP contribution is -2.38. The number of alkyl halides is 3. The Labute approximate surface area is 171 Å². The molecule has 0 aliphatic heterocycles. The molecule has 0 bridgehead atoms. The van der Waals surface area contributed by atoms with Crippen molar-refractivity contribution >= 4 is 11.6 Å². The third-order valence-electron chi connectivity index (χ3n) is 4.76. The number of imidazole rings is 1. The van der Waals surface area contributed by atoms with E-state index in [9.17, 15) is 22.4 Å². The van der Waals surface area contributed by atoms with Crippen LogP contribution in [0.5, 0.6) is 0 Å². The molecule has 2 aromatic carbocycles. The molecule has 0 saturated carbocycles. The van der Waals surface area contributed by atoms with Crippen LogP contribution in [0, 0.1) is 19.7 Å². The Morgan fingerprint density at radius 1 is 1.03 bits per heavy atom. The predicted molar refractivity (Wildman–Crippen MR) is 106 cm³/mol. The summed E-state index contributed by atoms with van der Waals surface area (Å²) in [5.41, 5.74) is 0.00791. The van der Waals surface area contributed by atoms with Gasteiger partial charge in [0.15, 0.2) is 11.4 Å². The number of anilines is 1. The minimum Gasteiger partial charge on any atom is -0.304 e. The Kier molecular flexibility index (Phi) is 5.70. The molecule has 0 fully saturated rings. The molecular formula is C22H21F4N3O. The Morgan fingerprint density at radius 2 is 1.60 bits per heavy atom. The first kappa shape index (κ1) is 21.5. The number of nitrogens with zero attached hydrogens (tertiary/aromatic N) is 3. The third kappa shape index (κ3) is 3.94. The number of amides is 1. The van der Waals surface area contributed by atoms with Crippen molar-refractivity contribution < 1.29 is 22.4 Å². The van der Waals surface area contributed by atoms with Gasteiger partial charge in [0.05, 0.1) is 5.69 Å². The third-order valence-corrected chi connectivity index (χ3v) is 4.76. The van der Waals surface area contributed by atoms with Crippen LogP contribution in [0.4, 0.5) is 23.2 Å². The van der Waals surface area contributed by atoms with Crippen molar-refractivity contribution in [2.45, 2.75) is 39.9 Å². The number of benzene rings is 2. The molecule has 0 saturated heterocycles. The van der Waals surface area contributed by atoms with Crippen LogP contribution in [-0.4, -0.2) is 21.5 Å². The summed E-state index contributed by atoms with van der Waals surface area (Å²) in [7, 11) is 0. The summed E-state index contributed by atoms with van der Waals surface area (Å²) in [4.78, 5) is 18.2. The molecule has 3 aromatic rings. The van der Waals surface area contributed by atoms with Gasteiger partial charge in [0.1, 0.15) is 12.1 Å². The predicted octanol–water partition coefficient (Wildman–Crippen LogP) is 5.70. The molecule has 0 N–H and O–H groups in total. The van der Waals surface area contributed by atoms with Gasteiger partial charge in [0.25, 0.3) is 5.91 Å². The van der Waals surface area contributed by atoms with Crippen LogP contribution >= 0.6 is 0 Å². The van der Waals surface area contributed by atoms with Crippen LogP contribution < -0.4 is 4.90 Å². The van der Waals surface area contributed by atoms with Crippen LogP contribution in [0.1, 0.15) is 41.2 Å². The normalized spacial score (nSPS) is 11.8. The van der Waals surface area contributed by atoms with Crippen molar-refractivity contribution in [1.29, 1.82) is 0 Å². The first-order valence-electron chi connectivity index (χ1n) is 9.32. The Bertz CT molecular complexity index is 1050. The van der Waals surface area contributed by atoms with Crippen LogP contribution in [0.2, 0.25) is 0 Å². The van der Waals surface area contributed by atoms with E-state index in [0.717, 1.165) is 23.0 Å². The van der Waals surface area contributed by atoms with E-state index in [1.54, 1.807) is 45.9 Å². The maximum Gasteiger partial charge on any atom is 0.434 e. The van der Waals surface area contributed by atoms with Gasteiger partial charge in [-0.15, -0.1) is 0 Å². The second kappa shape index (κ2) is 7.93. The van der Waals surface area contributed by atoms with Gasteiger partial charge >= 0.3 is 6.18 Å². The number of carbonyl (C=O) groups excluding carboxylic acids is 1. The summed E-state index contributed by atoms with van der Waals surface area (Å²) < 4.78 is 56.5. The molecule has 0 spiro atoms. The maximum absolute atomic E-state index is 14.1. The topological polar surface area (TPSA) is 38.1 Å². The molecule has 30 heavy (non-hydrogen) atoms. The quantitative estimate of drug-likeness (QED) is 0.509. The first-order valence-corrected chi connectivity index (χ1v) is 9.32. The molecule has 1 aromatic heterocycles. The summed E-state index contributed by atoms with van der Waals surface area (Å²) in [6, 6.07) is 9.67.